The fraction of sp³-hybridized carbons (Fsp3) is 0.700. The molecule has 0 unspecified atom stereocenters. The molecule has 0 aromatic carbocycles. The summed E-state index contributed by atoms with van der Waals surface area (Å²) in [5, 5.41) is 4.15. The molecule has 5 heteroatoms. The summed E-state index contributed by atoms with van der Waals surface area (Å²) in [6, 6.07) is 0. The van der Waals surface area contributed by atoms with Crippen LogP contribution in [0.15, 0.2) is 12.4 Å². The van der Waals surface area contributed by atoms with Crippen LogP contribution in [-0.4, -0.2) is 36.7 Å². The van der Waals surface area contributed by atoms with Gasteiger partial charge in [-0.05, 0) is 6.42 Å². The van der Waals surface area contributed by atoms with E-state index in [1.807, 2.05) is 10.9 Å². The van der Waals surface area contributed by atoms with Gasteiger partial charge in [-0.25, -0.2) is 0 Å². The zero-order chi connectivity index (χ0) is 10.9. The smallest absolute Gasteiger partial charge is 0.0662 e. The fourth-order valence-electron chi connectivity index (χ4n) is 1.16. The number of rotatable bonds is 8. The molecule has 0 spiro atoms. The fourth-order valence-corrected chi connectivity index (χ4v) is 1.30. The number of hydrogen-bond donors (Lipinski definition) is 0. The van der Waals surface area contributed by atoms with Crippen LogP contribution in [-0.2, 0) is 21.9 Å². The molecule has 0 fully saturated rings. The lowest BCUT2D eigenvalue weighted by atomic mass is 10.4. The van der Waals surface area contributed by atoms with Crippen LogP contribution >= 0.6 is 11.6 Å². The van der Waals surface area contributed by atoms with E-state index in [2.05, 4.69) is 5.10 Å². The Hall–Kier alpha value is -0.580. The molecule has 0 atom stereocenters. The number of aromatic nitrogens is 2. The second-order valence-electron chi connectivity index (χ2n) is 3.20. The van der Waals surface area contributed by atoms with E-state index in [-0.39, 0.29) is 0 Å². The maximum Gasteiger partial charge on any atom is 0.0662 e. The van der Waals surface area contributed by atoms with Gasteiger partial charge >= 0.3 is 0 Å². The number of hydrogen-bond acceptors (Lipinski definition) is 3. The van der Waals surface area contributed by atoms with E-state index in [0.717, 1.165) is 31.7 Å². The zero-order valence-electron chi connectivity index (χ0n) is 8.99. The van der Waals surface area contributed by atoms with E-state index in [1.165, 1.54) is 0 Å². The number of nitrogens with zero attached hydrogens (tertiary/aromatic N) is 2. The van der Waals surface area contributed by atoms with Crippen LogP contribution in [0.1, 0.15) is 12.0 Å². The first kappa shape index (κ1) is 12.5. The molecule has 15 heavy (non-hydrogen) atoms. The van der Waals surface area contributed by atoms with Gasteiger partial charge in [0.15, 0.2) is 0 Å². The van der Waals surface area contributed by atoms with Crippen molar-refractivity contribution < 1.29 is 9.47 Å². The van der Waals surface area contributed by atoms with E-state index in [9.17, 15) is 0 Å². The summed E-state index contributed by atoms with van der Waals surface area (Å²) >= 11 is 5.66. The molecular weight excluding hydrogens is 216 g/mol. The summed E-state index contributed by atoms with van der Waals surface area (Å²) in [6.45, 7) is 2.92. The number of alkyl halides is 1. The highest BCUT2D eigenvalue weighted by molar-refractivity contribution is 6.17. The van der Waals surface area contributed by atoms with Crippen LogP contribution in [0.25, 0.3) is 0 Å². The van der Waals surface area contributed by atoms with Crippen molar-refractivity contribution in [1.29, 1.82) is 0 Å². The summed E-state index contributed by atoms with van der Waals surface area (Å²) in [5.41, 5.74) is 1.04. The molecule has 1 heterocycles. The lowest BCUT2D eigenvalue weighted by molar-refractivity contribution is 0.0961. The normalized spacial score (nSPS) is 10.8. The Balaban J connectivity index is 2.04. The van der Waals surface area contributed by atoms with Crippen molar-refractivity contribution in [2.45, 2.75) is 18.8 Å². The van der Waals surface area contributed by atoms with Gasteiger partial charge in [-0.1, -0.05) is 0 Å². The number of methoxy groups -OCH3 is 1. The van der Waals surface area contributed by atoms with Crippen molar-refractivity contribution >= 4 is 11.6 Å². The highest BCUT2D eigenvalue weighted by atomic mass is 35.5. The van der Waals surface area contributed by atoms with Gasteiger partial charge in [0.05, 0.1) is 25.2 Å². The molecule has 0 aliphatic carbocycles. The monoisotopic (exact) mass is 232 g/mol. The average molecular weight is 233 g/mol. The predicted molar refractivity (Wildman–Crippen MR) is 59.1 cm³/mol. The lowest BCUT2D eigenvalue weighted by Gasteiger charge is -2.03. The first-order valence-corrected chi connectivity index (χ1v) is 5.54. The van der Waals surface area contributed by atoms with Crippen LogP contribution in [0.4, 0.5) is 0 Å². The molecule has 0 amide bonds. The Kier molecular flexibility index (Phi) is 6.39. The minimum Gasteiger partial charge on any atom is -0.385 e. The quantitative estimate of drug-likeness (QED) is 0.505. The van der Waals surface area contributed by atoms with Crippen molar-refractivity contribution in [3.63, 3.8) is 0 Å². The van der Waals surface area contributed by atoms with Crippen molar-refractivity contribution in [3.8, 4) is 0 Å². The molecule has 0 saturated carbocycles. The maximum atomic E-state index is 5.66. The zero-order valence-corrected chi connectivity index (χ0v) is 9.74. The summed E-state index contributed by atoms with van der Waals surface area (Å²) in [4.78, 5) is 0. The Morgan fingerprint density at radius 1 is 1.40 bits per heavy atom. The summed E-state index contributed by atoms with van der Waals surface area (Å²) < 4.78 is 12.2. The molecule has 0 aliphatic heterocycles. The Bertz CT molecular complexity index is 266. The molecule has 1 aromatic rings. The Morgan fingerprint density at radius 3 is 2.93 bits per heavy atom. The summed E-state index contributed by atoms with van der Waals surface area (Å²) in [7, 11) is 1.69. The summed E-state index contributed by atoms with van der Waals surface area (Å²) in [6.07, 6.45) is 4.64. The summed E-state index contributed by atoms with van der Waals surface area (Å²) in [5.74, 6) is 0.509. The van der Waals surface area contributed by atoms with Crippen molar-refractivity contribution in [2.75, 3.05) is 26.9 Å². The standard InChI is InChI=1S/C10H17ClN2O2/c1-14-4-2-5-15-6-3-13-9-10(7-11)8-12-13/h8-9H,2-7H2,1H3. The SMILES string of the molecule is COCCCOCCn1cc(CCl)cn1. The van der Waals surface area contributed by atoms with Crippen LogP contribution in [0, 0.1) is 0 Å². The first-order chi connectivity index (χ1) is 7.36. The van der Waals surface area contributed by atoms with E-state index in [0.29, 0.717) is 12.5 Å². The van der Waals surface area contributed by atoms with Gasteiger partial charge in [0.2, 0.25) is 0 Å². The Morgan fingerprint density at radius 2 is 2.27 bits per heavy atom. The molecule has 0 N–H and O–H groups in total. The van der Waals surface area contributed by atoms with Gasteiger partial charge in [0.25, 0.3) is 0 Å². The molecule has 4 nitrogen and oxygen atoms in total. The average Bonchev–Trinajstić information content (AvgIpc) is 2.71. The minimum atomic E-state index is 0.509. The Labute approximate surface area is 95.1 Å². The van der Waals surface area contributed by atoms with Gasteiger partial charge in [-0.15, -0.1) is 11.6 Å². The molecule has 1 rings (SSSR count). The number of halogens is 1. The van der Waals surface area contributed by atoms with Crippen LogP contribution in [0.2, 0.25) is 0 Å². The van der Waals surface area contributed by atoms with Crippen LogP contribution in [0.3, 0.4) is 0 Å². The highest BCUT2D eigenvalue weighted by Crippen LogP contribution is 2.01. The van der Waals surface area contributed by atoms with Gasteiger partial charge in [-0.3, -0.25) is 4.68 Å². The third kappa shape index (κ3) is 5.16. The lowest BCUT2D eigenvalue weighted by Crippen LogP contribution is -2.08. The van der Waals surface area contributed by atoms with E-state index in [4.69, 9.17) is 21.1 Å². The molecule has 0 radical (unpaired) electrons. The van der Waals surface area contributed by atoms with Gasteiger partial charge < -0.3 is 9.47 Å². The molecule has 0 bridgehead atoms. The van der Waals surface area contributed by atoms with E-state index >= 15 is 0 Å². The second-order valence-corrected chi connectivity index (χ2v) is 3.47. The third-order valence-corrected chi connectivity index (χ3v) is 2.25. The van der Waals surface area contributed by atoms with Crippen molar-refractivity contribution in [1.82, 2.24) is 9.78 Å². The first-order valence-electron chi connectivity index (χ1n) is 5.01. The van der Waals surface area contributed by atoms with Crippen LogP contribution < -0.4 is 0 Å². The third-order valence-electron chi connectivity index (χ3n) is 1.94. The highest BCUT2D eigenvalue weighted by Gasteiger charge is 1.96. The number of ether oxygens (including phenoxy) is 2. The molecule has 0 aliphatic rings. The van der Waals surface area contributed by atoms with Gasteiger partial charge in [0.1, 0.15) is 0 Å². The van der Waals surface area contributed by atoms with Gasteiger partial charge in [0, 0.05) is 32.1 Å². The van der Waals surface area contributed by atoms with Crippen molar-refractivity contribution in [3.05, 3.63) is 18.0 Å². The molecule has 86 valence electrons. The van der Waals surface area contributed by atoms with E-state index < -0.39 is 0 Å². The van der Waals surface area contributed by atoms with Crippen LogP contribution in [0.5, 0.6) is 0 Å². The van der Waals surface area contributed by atoms with Gasteiger partial charge in [-0.2, -0.15) is 5.10 Å². The molecular formula is C10H17ClN2O2. The van der Waals surface area contributed by atoms with Crippen molar-refractivity contribution in [2.24, 2.45) is 0 Å². The topological polar surface area (TPSA) is 36.3 Å². The largest absolute Gasteiger partial charge is 0.385 e. The molecule has 0 saturated heterocycles. The van der Waals surface area contributed by atoms with E-state index in [1.54, 1.807) is 13.3 Å². The second kappa shape index (κ2) is 7.68. The minimum absolute atomic E-state index is 0.509. The molecule has 1 aromatic heterocycles. The maximum absolute atomic E-state index is 5.66. The predicted octanol–water partition coefficient (Wildman–Crippen LogP) is 1.68.